The van der Waals surface area contributed by atoms with Crippen LogP contribution in [0.25, 0.3) is 0 Å². The molecule has 2 aromatic carbocycles. The molecule has 1 atom stereocenters. The van der Waals surface area contributed by atoms with Crippen LogP contribution in [0.15, 0.2) is 48.5 Å². The highest BCUT2D eigenvalue weighted by Gasteiger charge is 2.25. The second-order valence-corrected chi connectivity index (χ2v) is 7.85. The van der Waals surface area contributed by atoms with E-state index in [2.05, 4.69) is 24.5 Å². The second-order valence-electron chi connectivity index (χ2n) is 7.85. The maximum atomic E-state index is 13.5. The van der Waals surface area contributed by atoms with Crippen LogP contribution < -0.4 is 15.5 Å². The predicted octanol–water partition coefficient (Wildman–Crippen LogP) is 4.83. The molecule has 0 saturated carbocycles. The van der Waals surface area contributed by atoms with Gasteiger partial charge in [0, 0.05) is 45.1 Å². The zero-order valence-electron chi connectivity index (χ0n) is 19.4. The number of carbonyl (C=O) groups excluding carboxylic acids is 2. The van der Waals surface area contributed by atoms with E-state index in [9.17, 15) is 9.59 Å². The van der Waals surface area contributed by atoms with Gasteiger partial charge in [-0.15, -0.1) is 0 Å². The summed E-state index contributed by atoms with van der Waals surface area (Å²) < 4.78 is 0. The van der Waals surface area contributed by atoms with E-state index in [1.165, 1.54) is 0 Å². The van der Waals surface area contributed by atoms with E-state index in [1.54, 1.807) is 0 Å². The fraction of sp³-hybridized carbons (Fsp3) is 0.440. The Hall–Kier alpha value is -3.02. The summed E-state index contributed by atoms with van der Waals surface area (Å²) in [7, 11) is 3.97. The molecule has 0 aliphatic rings. The van der Waals surface area contributed by atoms with Crippen molar-refractivity contribution in [3.8, 4) is 0 Å². The minimum Gasteiger partial charge on any atom is -0.377 e. The van der Waals surface area contributed by atoms with Crippen molar-refractivity contribution in [2.75, 3.05) is 37.4 Å². The van der Waals surface area contributed by atoms with Gasteiger partial charge in [-0.2, -0.15) is 0 Å². The van der Waals surface area contributed by atoms with E-state index in [4.69, 9.17) is 0 Å². The lowest BCUT2D eigenvalue weighted by molar-refractivity contribution is -0.133. The van der Waals surface area contributed by atoms with Gasteiger partial charge in [0.25, 0.3) is 0 Å². The van der Waals surface area contributed by atoms with Crippen molar-refractivity contribution in [3.63, 3.8) is 0 Å². The maximum Gasteiger partial charge on any atom is 0.319 e. The first-order valence-corrected chi connectivity index (χ1v) is 11.1. The number of nitrogens with one attached hydrogen (secondary N) is 2. The summed E-state index contributed by atoms with van der Waals surface area (Å²) in [6.07, 6.45) is 1.63. The molecule has 0 aliphatic carbocycles. The third kappa shape index (κ3) is 6.74. The third-order valence-electron chi connectivity index (χ3n) is 5.23. The minimum atomic E-state index is -0.234. The van der Waals surface area contributed by atoms with Crippen LogP contribution >= 0.6 is 0 Å². The quantitative estimate of drug-likeness (QED) is 0.574. The molecule has 6 heteroatoms. The van der Waals surface area contributed by atoms with E-state index in [1.807, 2.05) is 79.3 Å². The number of rotatable bonds is 10. The fourth-order valence-electron chi connectivity index (χ4n) is 3.76. The van der Waals surface area contributed by atoms with E-state index < -0.39 is 0 Å². The van der Waals surface area contributed by atoms with Crippen molar-refractivity contribution in [1.82, 2.24) is 10.2 Å². The van der Waals surface area contributed by atoms with Crippen molar-refractivity contribution in [3.05, 3.63) is 59.7 Å². The van der Waals surface area contributed by atoms with Gasteiger partial charge < -0.3 is 20.4 Å². The van der Waals surface area contributed by atoms with Crippen molar-refractivity contribution in [1.29, 1.82) is 0 Å². The Bertz CT molecular complexity index is 852. The number of amides is 3. The van der Waals surface area contributed by atoms with Crippen LogP contribution in [-0.2, 0) is 11.3 Å². The number of anilines is 2. The van der Waals surface area contributed by atoms with Crippen LogP contribution in [0.4, 0.5) is 16.2 Å². The summed E-state index contributed by atoms with van der Waals surface area (Å²) in [5.74, 6) is -0.0189. The number of carbonyl (C=O) groups is 2. The second kappa shape index (κ2) is 12.0. The summed E-state index contributed by atoms with van der Waals surface area (Å²) in [5, 5.41) is 5.62. The highest BCUT2D eigenvalue weighted by molar-refractivity contribution is 5.89. The zero-order valence-corrected chi connectivity index (χ0v) is 19.4. The Morgan fingerprint density at radius 1 is 1.00 bits per heavy atom. The molecule has 168 valence electrons. The SMILES string of the molecule is CCCN(Cc1cc(NC(=O)NCC)ccc1N(C)C)C(=O)[C@H](CC)c1ccccc1. The van der Waals surface area contributed by atoms with Gasteiger partial charge in [-0.3, -0.25) is 4.79 Å². The summed E-state index contributed by atoms with van der Waals surface area (Å²) in [4.78, 5) is 29.5. The summed E-state index contributed by atoms with van der Waals surface area (Å²) in [6.45, 7) is 7.76. The lowest BCUT2D eigenvalue weighted by atomic mass is 9.94. The Balaban J connectivity index is 2.33. The van der Waals surface area contributed by atoms with Crippen LogP contribution in [0.1, 0.15) is 50.7 Å². The summed E-state index contributed by atoms with van der Waals surface area (Å²) >= 11 is 0. The Morgan fingerprint density at radius 2 is 1.71 bits per heavy atom. The van der Waals surface area contributed by atoms with Gasteiger partial charge in [-0.1, -0.05) is 44.2 Å². The molecule has 0 aromatic heterocycles. The molecule has 2 rings (SSSR count). The molecule has 0 fully saturated rings. The monoisotopic (exact) mass is 424 g/mol. The maximum absolute atomic E-state index is 13.5. The molecular formula is C25H36N4O2. The molecule has 0 saturated heterocycles. The third-order valence-corrected chi connectivity index (χ3v) is 5.23. The first-order valence-electron chi connectivity index (χ1n) is 11.1. The number of urea groups is 1. The predicted molar refractivity (Wildman–Crippen MR) is 129 cm³/mol. The Morgan fingerprint density at radius 3 is 2.29 bits per heavy atom. The summed E-state index contributed by atoms with van der Waals surface area (Å²) in [5.41, 5.74) is 3.80. The van der Waals surface area contributed by atoms with Crippen LogP contribution in [0, 0.1) is 0 Å². The number of hydrogen-bond donors (Lipinski definition) is 2. The molecule has 0 radical (unpaired) electrons. The smallest absolute Gasteiger partial charge is 0.319 e. The average Bonchev–Trinajstić information content (AvgIpc) is 2.74. The van der Waals surface area contributed by atoms with Gasteiger partial charge in [0.15, 0.2) is 0 Å². The molecule has 0 bridgehead atoms. The molecule has 6 nitrogen and oxygen atoms in total. The van der Waals surface area contributed by atoms with Crippen LogP contribution in [0.5, 0.6) is 0 Å². The molecular weight excluding hydrogens is 388 g/mol. The highest BCUT2D eigenvalue weighted by Crippen LogP contribution is 2.27. The Kier molecular flexibility index (Phi) is 9.38. The van der Waals surface area contributed by atoms with Crippen LogP contribution in [0.3, 0.4) is 0 Å². The topological polar surface area (TPSA) is 64.7 Å². The normalized spacial score (nSPS) is 11.5. The number of benzene rings is 2. The van der Waals surface area contributed by atoms with Gasteiger partial charge in [0.2, 0.25) is 5.91 Å². The average molecular weight is 425 g/mol. The minimum absolute atomic E-state index is 0.141. The molecule has 0 unspecified atom stereocenters. The lowest BCUT2D eigenvalue weighted by Gasteiger charge is -2.29. The zero-order chi connectivity index (χ0) is 22.8. The van der Waals surface area contributed by atoms with Crippen LogP contribution in [0.2, 0.25) is 0 Å². The first kappa shape index (κ1) is 24.3. The van der Waals surface area contributed by atoms with E-state index in [0.717, 1.165) is 29.7 Å². The molecule has 0 spiro atoms. The molecule has 31 heavy (non-hydrogen) atoms. The van der Waals surface area contributed by atoms with Gasteiger partial charge in [0.05, 0.1) is 5.92 Å². The van der Waals surface area contributed by atoms with E-state index in [0.29, 0.717) is 25.3 Å². The number of nitrogens with zero attached hydrogens (tertiary/aromatic N) is 2. The van der Waals surface area contributed by atoms with Gasteiger partial charge in [-0.25, -0.2) is 4.79 Å². The highest BCUT2D eigenvalue weighted by atomic mass is 16.2. The van der Waals surface area contributed by atoms with Crippen molar-refractivity contribution < 1.29 is 9.59 Å². The largest absolute Gasteiger partial charge is 0.377 e. The molecule has 0 aliphatic heterocycles. The van der Waals surface area contributed by atoms with E-state index in [-0.39, 0.29) is 17.9 Å². The van der Waals surface area contributed by atoms with Gasteiger partial charge in [-0.05, 0) is 49.1 Å². The molecule has 2 aromatic rings. The molecule has 3 amide bonds. The van der Waals surface area contributed by atoms with Crippen molar-refractivity contribution in [2.45, 2.75) is 46.1 Å². The summed E-state index contributed by atoms with van der Waals surface area (Å²) in [6, 6.07) is 15.6. The van der Waals surface area contributed by atoms with E-state index >= 15 is 0 Å². The lowest BCUT2D eigenvalue weighted by Crippen LogP contribution is -2.35. The Labute approximate surface area is 186 Å². The van der Waals surface area contributed by atoms with Crippen molar-refractivity contribution >= 4 is 23.3 Å². The molecule has 2 N–H and O–H groups in total. The molecule has 0 heterocycles. The van der Waals surface area contributed by atoms with Crippen LogP contribution in [-0.4, -0.2) is 44.0 Å². The fourth-order valence-corrected chi connectivity index (χ4v) is 3.76. The first-order chi connectivity index (χ1) is 14.9. The number of hydrogen-bond acceptors (Lipinski definition) is 3. The van der Waals surface area contributed by atoms with Gasteiger partial charge in [0.1, 0.15) is 0 Å². The standard InChI is InChI=1S/C25H36N4O2/c1-6-16-29(24(30)22(7-2)19-12-10-9-11-13-19)18-20-17-21(27-25(31)26-8-3)14-15-23(20)28(4)5/h9-15,17,22H,6-8,16,18H2,1-5H3,(H2,26,27,31)/t22-/m1/s1. The van der Waals surface area contributed by atoms with Crippen molar-refractivity contribution in [2.24, 2.45) is 0 Å². The van der Waals surface area contributed by atoms with Gasteiger partial charge >= 0.3 is 6.03 Å².